The second-order valence-electron chi connectivity index (χ2n) is 7.08. The van der Waals surface area contributed by atoms with Gasteiger partial charge in [0.25, 0.3) is 0 Å². The third-order valence-corrected chi connectivity index (χ3v) is 5.00. The van der Waals surface area contributed by atoms with Crippen LogP contribution >= 0.6 is 0 Å². The summed E-state index contributed by atoms with van der Waals surface area (Å²) in [7, 11) is 0. The summed E-state index contributed by atoms with van der Waals surface area (Å²) in [5.41, 5.74) is -0.270. The summed E-state index contributed by atoms with van der Waals surface area (Å²) >= 11 is 0. The molecule has 3 aromatic rings. The molecule has 1 aliphatic heterocycles. The highest BCUT2D eigenvalue weighted by molar-refractivity contribution is 5.92. The highest BCUT2D eigenvalue weighted by Gasteiger charge is 2.31. The van der Waals surface area contributed by atoms with Crippen LogP contribution in [0.5, 0.6) is 0 Å². The molecular formula is C20H19F3N4O3. The van der Waals surface area contributed by atoms with Gasteiger partial charge in [-0.1, -0.05) is 0 Å². The van der Waals surface area contributed by atoms with Gasteiger partial charge >= 0.3 is 6.18 Å². The lowest BCUT2D eigenvalue weighted by Gasteiger charge is -2.15. The molecule has 4 rings (SSSR count). The van der Waals surface area contributed by atoms with Crippen molar-refractivity contribution < 1.29 is 27.2 Å². The number of hydrogen-bond acceptors (Lipinski definition) is 4. The van der Waals surface area contributed by atoms with Gasteiger partial charge in [-0.05, 0) is 36.8 Å². The molecule has 1 saturated heterocycles. The van der Waals surface area contributed by atoms with Crippen LogP contribution in [0.25, 0.3) is 11.0 Å². The van der Waals surface area contributed by atoms with Crippen LogP contribution in [0, 0.1) is 0 Å². The molecule has 10 heteroatoms. The number of aromatic nitrogens is 2. The number of furan rings is 1. The molecule has 0 aliphatic carbocycles. The van der Waals surface area contributed by atoms with Crippen molar-refractivity contribution in [3.8, 4) is 0 Å². The summed E-state index contributed by atoms with van der Waals surface area (Å²) < 4.78 is 46.1. The Morgan fingerprint density at radius 1 is 1.27 bits per heavy atom. The van der Waals surface area contributed by atoms with Crippen LogP contribution < -0.4 is 5.32 Å². The molecule has 1 N–H and O–H groups in total. The normalized spacial score (nSPS) is 14.6. The van der Waals surface area contributed by atoms with Crippen LogP contribution in [-0.2, 0) is 22.3 Å². The predicted octanol–water partition coefficient (Wildman–Crippen LogP) is 3.65. The van der Waals surface area contributed by atoms with Crippen LogP contribution in [0.4, 0.5) is 19.1 Å². The molecule has 2 aromatic heterocycles. The van der Waals surface area contributed by atoms with Gasteiger partial charge in [0.05, 0.1) is 29.4 Å². The van der Waals surface area contributed by atoms with Gasteiger partial charge in [-0.15, -0.1) is 0 Å². The van der Waals surface area contributed by atoms with Crippen LogP contribution in [-0.4, -0.2) is 39.4 Å². The van der Waals surface area contributed by atoms with Crippen LogP contribution in [0.3, 0.4) is 0 Å². The summed E-state index contributed by atoms with van der Waals surface area (Å²) in [5.74, 6) is 0.333. The molecule has 1 fully saturated rings. The number of likely N-dealkylation sites (tertiary alicyclic amines) is 1. The largest absolute Gasteiger partial charge is 0.467 e. The zero-order chi connectivity index (χ0) is 21.3. The fourth-order valence-electron chi connectivity index (χ4n) is 3.48. The number of nitrogens with zero attached hydrogens (tertiary/aromatic N) is 3. The fourth-order valence-corrected chi connectivity index (χ4v) is 3.48. The van der Waals surface area contributed by atoms with E-state index in [1.807, 2.05) is 0 Å². The van der Waals surface area contributed by atoms with E-state index in [0.717, 1.165) is 18.6 Å². The first-order valence-electron chi connectivity index (χ1n) is 9.49. The smallest absolute Gasteiger partial charge is 0.416 e. The van der Waals surface area contributed by atoms with E-state index in [-0.39, 0.29) is 36.2 Å². The minimum absolute atomic E-state index is 0.0209. The van der Waals surface area contributed by atoms with E-state index in [2.05, 4.69) is 10.3 Å². The number of halogens is 3. The van der Waals surface area contributed by atoms with Gasteiger partial charge in [-0.3, -0.25) is 14.9 Å². The van der Waals surface area contributed by atoms with Gasteiger partial charge in [-0.2, -0.15) is 13.2 Å². The molecule has 2 amide bonds. The first-order chi connectivity index (χ1) is 14.3. The number of nitrogens with one attached hydrogen (secondary N) is 1. The Balaban J connectivity index is 1.59. The SMILES string of the molecule is O=C(CCN1CCCC1=O)Nc1nc2cc(C(F)(F)F)ccc2n1Cc1ccco1. The van der Waals surface area contributed by atoms with E-state index in [1.165, 1.54) is 12.3 Å². The standard InChI is InChI=1S/C20H19F3N4O3/c21-20(22,23)13-5-6-16-15(11-13)24-19(27(16)12-14-3-2-10-30-14)25-17(28)7-9-26-8-1-4-18(26)29/h2-3,5-6,10-11H,1,4,7-9,12H2,(H,24,25,28). The van der Waals surface area contributed by atoms with Crippen molar-refractivity contribution in [3.63, 3.8) is 0 Å². The number of anilines is 1. The number of imidazole rings is 1. The van der Waals surface area contributed by atoms with E-state index >= 15 is 0 Å². The van der Waals surface area contributed by atoms with Crippen molar-refractivity contribution >= 4 is 28.8 Å². The maximum atomic E-state index is 13.1. The number of carbonyl (C=O) groups is 2. The van der Waals surface area contributed by atoms with E-state index < -0.39 is 11.7 Å². The van der Waals surface area contributed by atoms with Crippen LogP contribution in [0.1, 0.15) is 30.6 Å². The zero-order valence-corrected chi connectivity index (χ0v) is 15.9. The first kappa shape index (κ1) is 20.0. The second kappa shape index (κ2) is 7.85. The Bertz CT molecular complexity index is 1070. The molecule has 0 spiro atoms. The van der Waals surface area contributed by atoms with Gasteiger partial charge in [0.15, 0.2) is 0 Å². The Kier molecular flexibility index (Phi) is 5.23. The highest BCUT2D eigenvalue weighted by atomic mass is 19.4. The summed E-state index contributed by atoms with van der Waals surface area (Å²) in [6, 6.07) is 6.68. The maximum absolute atomic E-state index is 13.1. The molecule has 0 radical (unpaired) electrons. The number of rotatable bonds is 6. The molecule has 0 bridgehead atoms. The van der Waals surface area contributed by atoms with Crippen molar-refractivity contribution in [2.24, 2.45) is 0 Å². The monoisotopic (exact) mass is 420 g/mol. The number of amides is 2. The number of hydrogen-bond donors (Lipinski definition) is 1. The van der Waals surface area contributed by atoms with Crippen molar-refractivity contribution in [2.75, 3.05) is 18.4 Å². The van der Waals surface area contributed by atoms with Crippen molar-refractivity contribution in [3.05, 3.63) is 47.9 Å². The molecular weight excluding hydrogens is 401 g/mol. The molecule has 0 atom stereocenters. The van der Waals surface area contributed by atoms with Gasteiger partial charge < -0.3 is 13.9 Å². The average Bonchev–Trinajstić information content (AvgIpc) is 3.41. The fraction of sp³-hybridized carbons (Fsp3) is 0.350. The summed E-state index contributed by atoms with van der Waals surface area (Å²) in [6.07, 6.45) is -1.67. The quantitative estimate of drug-likeness (QED) is 0.660. The first-order valence-corrected chi connectivity index (χ1v) is 9.49. The van der Waals surface area contributed by atoms with Crippen molar-refractivity contribution in [1.29, 1.82) is 0 Å². The van der Waals surface area contributed by atoms with Crippen LogP contribution in [0.15, 0.2) is 41.0 Å². The molecule has 0 saturated carbocycles. The Labute approximate surface area is 169 Å². The lowest BCUT2D eigenvalue weighted by Crippen LogP contribution is -2.29. The van der Waals surface area contributed by atoms with Gasteiger partial charge in [0, 0.05) is 25.9 Å². The number of fused-ring (bicyclic) bond motifs is 1. The summed E-state index contributed by atoms with van der Waals surface area (Å²) in [6.45, 7) is 1.11. The molecule has 1 aromatic carbocycles. The Morgan fingerprint density at radius 2 is 2.10 bits per heavy atom. The molecule has 30 heavy (non-hydrogen) atoms. The van der Waals surface area contributed by atoms with E-state index in [9.17, 15) is 22.8 Å². The summed E-state index contributed by atoms with van der Waals surface area (Å²) in [4.78, 5) is 29.9. The Hall–Kier alpha value is -3.30. The lowest BCUT2D eigenvalue weighted by molar-refractivity contribution is -0.137. The van der Waals surface area contributed by atoms with Crippen molar-refractivity contribution in [2.45, 2.75) is 32.0 Å². The van der Waals surface area contributed by atoms with Crippen molar-refractivity contribution in [1.82, 2.24) is 14.5 Å². The van der Waals surface area contributed by atoms with Gasteiger partial charge in [0.2, 0.25) is 17.8 Å². The molecule has 3 heterocycles. The zero-order valence-electron chi connectivity index (χ0n) is 15.9. The maximum Gasteiger partial charge on any atom is 0.416 e. The Morgan fingerprint density at radius 3 is 2.77 bits per heavy atom. The number of alkyl halides is 3. The third-order valence-electron chi connectivity index (χ3n) is 5.00. The third kappa shape index (κ3) is 4.17. The molecule has 1 aliphatic rings. The highest BCUT2D eigenvalue weighted by Crippen LogP contribution is 2.32. The number of benzene rings is 1. The lowest BCUT2D eigenvalue weighted by atomic mass is 10.2. The van der Waals surface area contributed by atoms with E-state index in [4.69, 9.17) is 4.42 Å². The van der Waals surface area contributed by atoms with Crippen LogP contribution in [0.2, 0.25) is 0 Å². The molecule has 158 valence electrons. The predicted molar refractivity (Wildman–Crippen MR) is 102 cm³/mol. The van der Waals surface area contributed by atoms with E-state index in [1.54, 1.807) is 21.6 Å². The minimum Gasteiger partial charge on any atom is -0.467 e. The molecule has 7 nitrogen and oxygen atoms in total. The van der Waals surface area contributed by atoms with Gasteiger partial charge in [-0.25, -0.2) is 4.98 Å². The minimum atomic E-state index is -4.50. The molecule has 0 unspecified atom stereocenters. The van der Waals surface area contributed by atoms with E-state index in [0.29, 0.717) is 30.8 Å². The average molecular weight is 420 g/mol. The van der Waals surface area contributed by atoms with Gasteiger partial charge in [0.1, 0.15) is 5.76 Å². The summed E-state index contributed by atoms with van der Waals surface area (Å²) in [5, 5.41) is 2.66. The topological polar surface area (TPSA) is 80.4 Å². The number of carbonyl (C=O) groups excluding carboxylic acids is 2. The second-order valence-corrected chi connectivity index (χ2v) is 7.08.